The van der Waals surface area contributed by atoms with E-state index in [1.54, 1.807) is 0 Å². The summed E-state index contributed by atoms with van der Waals surface area (Å²) in [7, 11) is 0. The highest BCUT2D eigenvalue weighted by Gasteiger charge is 2.20. The fourth-order valence-electron chi connectivity index (χ4n) is 2.32. The minimum atomic E-state index is 0.0777. The first-order valence-corrected chi connectivity index (χ1v) is 6.96. The van der Waals surface area contributed by atoms with E-state index >= 15 is 0 Å². The van der Waals surface area contributed by atoms with Gasteiger partial charge in [-0.1, -0.05) is 60.7 Å². The van der Waals surface area contributed by atoms with Crippen LogP contribution >= 0.6 is 0 Å². The molecular formula is C19H16O2. The smallest absolute Gasteiger partial charge is 0.189 e. The Kier molecular flexibility index (Phi) is 4.08. The number of carbonyl (C=O) groups is 1. The van der Waals surface area contributed by atoms with Gasteiger partial charge >= 0.3 is 0 Å². The lowest BCUT2D eigenvalue weighted by atomic mass is 9.98. The summed E-state index contributed by atoms with van der Waals surface area (Å²) in [5.74, 6) is 0.0777. The third-order valence-electron chi connectivity index (χ3n) is 3.38. The average Bonchev–Trinajstić information content (AvgIpc) is 2.53. The first kappa shape index (κ1) is 13.5. The molecule has 2 heteroatoms. The van der Waals surface area contributed by atoms with Crippen LogP contribution in [0, 0.1) is 0 Å². The SMILES string of the molecule is O=C1C(=Cc2ccccc2)COCC1=Cc1ccccc1. The van der Waals surface area contributed by atoms with Crippen molar-refractivity contribution < 1.29 is 9.53 Å². The Morgan fingerprint density at radius 3 is 1.57 bits per heavy atom. The molecule has 2 nitrogen and oxygen atoms in total. The monoisotopic (exact) mass is 276 g/mol. The molecule has 0 saturated carbocycles. The molecule has 1 fully saturated rings. The summed E-state index contributed by atoms with van der Waals surface area (Å²) in [6.45, 7) is 0.750. The Morgan fingerprint density at radius 1 is 0.714 bits per heavy atom. The Hall–Kier alpha value is -2.45. The highest BCUT2D eigenvalue weighted by Crippen LogP contribution is 2.19. The van der Waals surface area contributed by atoms with Crippen LogP contribution in [-0.4, -0.2) is 19.0 Å². The van der Waals surface area contributed by atoms with Crippen molar-refractivity contribution in [2.45, 2.75) is 0 Å². The fourth-order valence-corrected chi connectivity index (χ4v) is 2.32. The quantitative estimate of drug-likeness (QED) is 0.781. The van der Waals surface area contributed by atoms with E-state index in [-0.39, 0.29) is 5.78 Å². The summed E-state index contributed by atoms with van der Waals surface area (Å²) in [6, 6.07) is 19.7. The first-order valence-electron chi connectivity index (χ1n) is 6.96. The van der Waals surface area contributed by atoms with E-state index in [1.807, 2.05) is 72.8 Å². The Labute approximate surface area is 124 Å². The van der Waals surface area contributed by atoms with Gasteiger partial charge < -0.3 is 4.74 Å². The molecule has 0 amide bonds. The van der Waals surface area contributed by atoms with E-state index in [1.165, 1.54) is 0 Å². The zero-order valence-corrected chi connectivity index (χ0v) is 11.7. The second-order valence-corrected chi connectivity index (χ2v) is 4.98. The predicted molar refractivity (Wildman–Crippen MR) is 84.7 cm³/mol. The first-order chi connectivity index (χ1) is 10.3. The van der Waals surface area contributed by atoms with Crippen LogP contribution in [-0.2, 0) is 9.53 Å². The Balaban J connectivity index is 1.88. The number of ketones is 1. The molecule has 1 heterocycles. The highest BCUT2D eigenvalue weighted by atomic mass is 16.5. The molecular weight excluding hydrogens is 260 g/mol. The van der Waals surface area contributed by atoms with E-state index in [4.69, 9.17) is 4.74 Å². The lowest BCUT2D eigenvalue weighted by molar-refractivity contribution is -0.114. The van der Waals surface area contributed by atoms with Crippen molar-refractivity contribution in [3.8, 4) is 0 Å². The number of carbonyl (C=O) groups excluding carboxylic acids is 1. The van der Waals surface area contributed by atoms with Gasteiger partial charge in [0.15, 0.2) is 5.78 Å². The van der Waals surface area contributed by atoms with Gasteiger partial charge in [0.1, 0.15) is 0 Å². The number of hydrogen-bond acceptors (Lipinski definition) is 2. The third kappa shape index (κ3) is 3.36. The number of hydrogen-bond donors (Lipinski definition) is 0. The zero-order chi connectivity index (χ0) is 14.5. The zero-order valence-electron chi connectivity index (χ0n) is 11.7. The molecule has 104 valence electrons. The van der Waals surface area contributed by atoms with Gasteiger partial charge in [0.2, 0.25) is 0 Å². The summed E-state index contributed by atoms with van der Waals surface area (Å²) >= 11 is 0. The summed E-state index contributed by atoms with van der Waals surface area (Å²) in [6.07, 6.45) is 3.81. The van der Waals surface area contributed by atoms with E-state index in [2.05, 4.69) is 0 Å². The van der Waals surface area contributed by atoms with Crippen molar-refractivity contribution in [2.75, 3.05) is 13.2 Å². The normalized spacial score (nSPS) is 19.1. The van der Waals surface area contributed by atoms with Crippen LogP contribution in [0.4, 0.5) is 0 Å². The van der Waals surface area contributed by atoms with Gasteiger partial charge in [-0.2, -0.15) is 0 Å². The van der Waals surface area contributed by atoms with Crippen LogP contribution in [0.1, 0.15) is 11.1 Å². The number of rotatable bonds is 2. The second-order valence-electron chi connectivity index (χ2n) is 4.98. The molecule has 0 unspecified atom stereocenters. The van der Waals surface area contributed by atoms with Crippen molar-refractivity contribution in [3.05, 3.63) is 82.9 Å². The largest absolute Gasteiger partial charge is 0.372 e. The topological polar surface area (TPSA) is 26.3 Å². The molecule has 0 aliphatic carbocycles. The number of ether oxygens (including phenoxy) is 1. The van der Waals surface area contributed by atoms with Crippen LogP contribution in [0.15, 0.2) is 71.8 Å². The third-order valence-corrected chi connectivity index (χ3v) is 3.38. The Bertz CT molecular complexity index is 623. The minimum Gasteiger partial charge on any atom is -0.372 e. The molecule has 0 radical (unpaired) electrons. The van der Waals surface area contributed by atoms with Gasteiger partial charge in [-0.3, -0.25) is 4.79 Å². The summed E-state index contributed by atoms with van der Waals surface area (Å²) < 4.78 is 5.55. The lowest BCUT2D eigenvalue weighted by Crippen LogP contribution is -2.21. The molecule has 21 heavy (non-hydrogen) atoms. The lowest BCUT2D eigenvalue weighted by Gasteiger charge is -2.17. The van der Waals surface area contributed by atoms with Gasteiger partial charge in [0, 0.05) is 11.1 Å². The molecule has 0 bridgehead atoms. The van der Waals surface area contributed by atoms with E-state index in [0.717, 1.165) is 11.1 Å². The van der Waals surface area contributed by atoms with E-state index in [0.29, 0.717) is 24.4 Å². The maximum Gasteiger partial charge on any atom is 0.189 e. The summed E-state index contributed by atoms with van der Waals surface area (Å²) in [5.41, 5.74) is 3.44. The molecule has 1 aliphatic rings. The van der Waals surface area contributed by atoms with E-state index < -0.39 is 0 Å². The van der Waals surface area contributed by atoms with Crippen LogP contribution in [0.25, 0.3) is 12.2 Å². The van der Waals surface area contributed by atoms with Crippen molar-refractivity contribution >= 4 is 17.9 Å². The van der Waals surface area contributed by atoms with Crippen molar-refractivity contribution in [1.82, 2.24) is 0 Å². The maximum absolute atomic E-state index is 12.5. The Morgan fingerprint density at radius 2 is 1.14 bits per heavy atom. The van der Waals surface area contributed by atoms with Crippen LogP contribution < -0.4 is 0 Å². The van der Waals surface area contributed by atoms with Crippen LogP contribution in [0.3, 0.4) is 0 Å². The molecule has 2 aromatic carbocycles. The summed E-state index contributed by atoms with van der Waals surface area (Å²) in [5, 5.41) is 0. The standard InChI is InChI=1S/C19H16O2/c20-19-17(11-15-7-3-1-4-8-15)13-21-14-18(19)12-16-9-5-2-6-10-16/h1-12H,13-14H2. The van der Waals surface area contributed by atoms with Crippen molar-refractivity contribution in [2.24, 2.45) is 0 Å². The maximum atomic E-state index is 12.5. The molecule has 2 aromatic rings. The molecule has 0 aromatic heterocycles. The molecule has 1 saturated heterocycles. The van der Waals surface area contributed by atoms with Gasteiger partial charge in [-0.25, -0.2) is 0 Å². The van der Waals surface area contributed by atoms with Gasteiger partial charge in [-0.05, 0) is 23.3 Å². The minimum absolute atomic E-state index is 0.0777. The van der Waals surface area contributed by atoms with Gasteiger partial charge in [0.05, 0.1) is 13.2 Å². The van der Waals surface area contributed by atoms with Crippen LogP contribution in [0.2, 0.25) is 0 Å². The second kappa shape index (κ2) is 6.33. The predicted octanol–water partition coefficient (Wildman–Crippen LogP) is 3.75. The molecule has 1 aliphatic heterocycles. The average molecular weight is 276 g/mol. The fraction of sp³-hybridized carbons (Fsp3) is 0.105. The van der Waals surface area contributed by atoms with Crippen molar-refractivity contribution in [3.63, 3.8) is 0 Å². The molecule has 0 atom stereocenters. The number of Topliss-reactive ketones (excluding diaryl/α,β-unsaturated/α-hetero) is 1. The molecule has 3 rings (SSSR count). The molecule has 0 N–H and O–H groups in total. The van der Waals surface area contributed by atoms with Gasteiger partial charge in [0.25, 0.3) is 0 Å². The van der Waals surface area contributed by atoms with Crippen LogP contribution in [0.5, 0.6) is 0 Å². The van der Waals surface area contributed by atoms with E-state index in [9.17, 15) is 4.79 Å². The number of benzene rings is 2. The summed E-state index contributed by atoms with van der Waals surface area (Å²) in [4.78, 5) is 12.5. The van der Waals surface area contributed by atoms with Crippen molar-refractivity contribution in [1.29, 1.82) is 0 Å². The highest BCUT2D eigenvalue weighted by molar-refractivity contribution is 6.14. The van der Waals surface area contributed by atoms with Gasteiger partial charge in [-0.15, -0.1) is 0 Å². The molecule has 0 spiro atoms.